The van der Waals surface area contributed by atoms with Crippen LogP contribution in [-0.4, -0.2) is 44.4 Å². The number of nitrogens with two attached hydrogens (primary N) is 1. The summed E-state index contributed by atoms with van der Waals surface area (Å²) in [7, 11) is 1.67. The molecule has 3 aromatic rings. The van der Waals surface area contributed by atoms with Crippen LogP contribution in [0.15, 0.2) is 18.5 Å². The summed E-state index contributed by atoms with van der Waals surface area (Å²) in [5.74, 6) is 1.69. The number of hydrogen-bond donors (Lipinski definition) is 3. The van der Waals surface area contributed by atoms with Crippen molar-refractivity contribution in [3.63, 3.8) is 0 Å². The zero-order valence-electron chi connectivity index (χ0n) is 17.7. The summed E-state index contributed by atoms with van der Waals surface area (Å²) < 4.78 is 7.47. The van der Waals surface area contributed by atoms with Crippen molar-refractivity contribution >= 4 is 22.8 Å². The highest BCUT2D eigenvalue weighted by molar-refractivity contribution is 5.86. The van der Waals surface area contributed by atoms with Crippen molar-refractivity contribution in [2.45, 2.75) is 58.2 Å². The van der Waals surface area contributed by atoms with Crippen molar-refractivity contribution in [3.8, 4) is 5.75 Å². The van der Waals surface area contributed by atoms with Crippen LogP contribution >= 0.6 is 0 Å². The first-order chi connectivity index (χ1) is 14.7. The van der Waals surface area contributed by atoms with Crippen molar-refractivity contribution in [1.29, 1.82) is 0 Å². The fourth-order valence-electron chi connectivity index (χ4n) is 3.57. The number of pyridine rings is 1. The zero-order valence-corrected chi connectivity index (χ0v) is 17.7. The lowest BCUT2D eigenvalue weighted by Crippen LogP contribution is -2.34. The molecule has 3 heterocycles. The predicted octanol–water partition coefficient (Wildman–Crippen LogP) is 2.71. The third-order valence-corrected chi connectivity index (χ3v) is 5.54. The van der Waals surface area contributed by atoms with E-state index in [0.29, 0.717) is 23.9 Å². The van der Waals surface area contributed by atoms with E-state index in [9.17, 15) is 0 Å². The van der Waals surface area contributed by atoms with Crippen LogP contribution in [-0.2, 0) is 13.1 Å². The Morgan fingerprint density at radius 2 is 2.13 bits per heavy atom. The molecule has 0 spiro atoms. The van der Waals surface area contributed by atoms with Crippen LogP contribution in [0.5, 0.6) is 5.75 Å². The first kappa shape index (κ1) is 20.3. The number of ether oxygens (including phenoxy) is 1. The van der Waals surface area contributed by atoms with Gasteiger partial charge in [-0.25, -0.2) is 4.98 Å². The van der Waals surface area contributed by atoms with Gasteiger partial charge in [-0.15, -0.1) is 0 Å². The molecule has 9 heteroatoms. The fraction of sp³-hybridized carbons (Fsp3) is 0.524. The Kier molecular flexibility index (Phi) is 6.27. The van der Waals surface area contributed by atoms with Gasteiger partial charge in [0.2, 0.25) is 5.95 Å². The van der Waals surface area contributed by atoms with Gasteiger partial charge in [-0.2, -0.15) is 10.1 Å². The van der Waals surface area contributed by atoms with Gasteiger partial charge in [0.15, 0.2) is 5.82 Å². The Balaban J connectivity index is 1.56. The molecule has 4 rings (SSSR count). The average molecular weight is 411 g/mol. The number of hydrogen-bond acceptors (Lipinski definition) is 8. The van der Waals surface area contributed by atoms with E-state index < -0.39 is 0 Å². The quantitative estimate of drug-likeness (QED) is 0.437. The van der Waals surface area contributed by atoms with Crippen LogP contribution in [0, 0.1) is 0 Å². The number of nitrogens with one attached hydrogen (secondary N) is 2. The topological polar surface area (TPSA) is 116 Å². The maximum Gasteiger partial charge on any atom is 0.222 e. The second-order valence-corrected chi connectivity index (χ2v) is 7.75. The molecule has 0 atom stereocenters. The number of nitrogens with zero attached hydrogens (tertiary/aromatic N) is 5. The second-order valence-electron chi connectivity index (χ2n) is 7.75. The van der Waals surface area contributed by atoms with Gasteiger partial charge in [0.25, 0.3) is 0 Å². The van der Waals surface area contributed by atoms with Crippen LogP contribution in [0.2, 0.25) is 0 Å². The summed E-state index contributed by atoms with van der Waals surface area (Å²) in [6.45, 7) is 4.23. The third-order valence-electron chi connectivity index (χ3n) is 5.54. The van der Waals surface area contributed by atoms with Crippen LogP contribution in [0.25, 0.3) is 11.0 Å². The molecule has 0 aliphatic heterocycles. The maximum atomic E-state index is 5.88. The lowest BCUT2D eigenvalue weighted by atomic mass is 9.93. The third kappa shape index (κ3) is 4.46. The highest BCUT2D eigenvalue weighted by Crippen LogP contribution is 2.25. The monoisotopic (exact) mass is 410 g/mol. The molecular weight excluding hydrogens is 380 g/mol. The minimum Gasteiger partial charge on any atom is -0.495 e. The van der Waals surface area contributed by atoms with Crippen molar-refractivity contribution in [1.82, 2.24) is 30.0 Å². The molecule has 160 valence electrons. The number of fused-ring (bicyclic) bond motifs is 1. The van der Waals surface area contributed by atoms with Gasteiger partial charge in [0.1, 0.15) is 22.5 Å². The molecule has 30 heavy (non-hydrogen) atoms. The minimum atomic E-state index is 0.236. The molecule has 1 saturated carbocycles. The number of nitrogen functional groups attached to an aromatic ring is 1. The lowest BCUT2D eigenvalue weighted by molar-refractivity contribution is 0.337. The molecule has 9 nitrogen and oxygen atoms in total. The smallest absolute Gasteiger partial charge is 0.222 e. The Morgan fingerprint density at radius 3 is 2.87 bits per heavy atom. The molecular formula is C21H30N8O. The molecule has 0 saturated heterocycles. The van der Waals surface area contributed by atoms with E-state index in [-0.39, 0.29) is 5.95 Å². The van der Waals surface area contributed by atoms with Gasteiger partial charge in [0.05, 0.1) is 19.9 Å². The summed E-state index contributed by atoms with van der Waals surface area (Å²) in [6.07, 6.45) is 9.60. The standard InChI is InChI=1S/C21H30N8O/c1-3-4-8-23-20-19-16(27-21(22)28-20)12-26-29(19)13-17-18(30-2)9-14(11-25-17)10-24-15-6-5-7-15/h9,11-12,15,24H,3-8,10,13H2,1-2H3,(H3,22,23,27,28). The van der Waals surface area contributed by atoms with Crippen molar-refractivity contribution < 1.29 is 4.74 Å². The number of rotatable bonds is 10. The van der Waals surface area contributed by atoms with E-state index in [1.54, 1.807) is 13.3 Å². The molecule has 0 bridgehead atoms. The van der Waals surface area contributed by atoms with E-state index >= 15 is 0 Å². The second kappa shape index (κ2) is 9.25. The Labute approximate surface area is 176 Å². The van der Waals surface area contributed by atoms with E-state index in [1.807, 2.05) is 10.9 Å². The molecule has 0 unspecified atom stereocenters. The van der Waals surface area contributed by atoms with Crippen LogP contribution < -0.4 is 21.1 Å². The molecule has 3 aromatic heterocycles. The highest BCUT2D eigenvalue weighted by Gasteiger charge is 2.18. The normalized spacial score (nSPS) is 14.1. The Bertz CT molecular complexity index is 998. The molecule has 0 amide bonds. The van der Waals surface area contributed by atoms with Gasteiger partial charge in [-0.05, 0) is 30.9 Å². The Hall–Kier alpha value is -2.94. The van der Waals surface area contributed by atoms with Gasteiger partial charge < -0.3 is 21.1 Å². The largest absolute Gasteiger partial charge is 0.495 e. The average Bonchev–Trinajstić information content (AvgIpc) is 3.10. The number of unbranched alkanes of at least 4 members (excludes halogenated alkanes) is 1. The number of anilines is 2. The first-order valence-electron chi connectivity index (χ1n) is 10.7. The van der Waals surface area contributed by atoms with E-state index in [0.717, 1.165) is 48.5 Å². The highest BCUT2D eigenvalue weighted by atomic mass is 16.5. The number of methoxy groups -OCH3 is 1. The summed E-state index contributed by atoms with van der Waals surface area (Å²) in [5.41, 5.74) is 9.34. The van der Waals surface area contributed by atoms with Crippen LogP contribution in [0.1, 0.15) is 50.3 Å². The van der Waals surface area contributed by atoms with Crippen LogP contribution in [0.3, 0.4) is 0 Å². The number of aromatic nitrogens is 5. The molecule has 0 radical (unpaired) electrons. The zero-order chi connectivity index (χ0) is 20.9. The molecule has 4 N–H and O–H groups in total. The maximum absolute atomic E-state index is 5.88. The molecule has 0 aromatic carbocycles. The summed E-state index contributed by atoms with van der Waals surface area (Å²) in [6, 6.07) is 2.69. The van der Waals surface area contributed by atoms with Gasteiger partial charge in [0, 0.05) is 25.3 Å². The van der Waals surface area contributed by atoms with Crippen molar-refractivity contribution in [2.75, 3.05) is 24.7 Å². The van der Waals surface area contributed by atoms with E-state index in [2.05, 4.69) is 43.7 Å². The summed E-state index contributed by atoms with van der Waals surface area (Å²) >= 11 is 0. The van der Waals surface area contributed by atoms with Gasteiger partial charge in [-0.1, -0.05) is 19.8 Å². The first-order valence-corrected chi connectivity index (χ1v) is 10.7. The van der Waals surface area contributed by atoms with Gasteiger partial charge >= 0.3 is 0 Å². The molecule has 1 aliphatic carbocycles. The van der Waals surface area contributed by atoms with E-state index in [1.165, 1.54) is 19.3 Å². The van der Waals surface area contributed by atoms with E-state index in [4.69, 9.17) is 10.5 Å². The summed E-state index contributed by atoms with van der Waals surface area (Å²) in [4.78, 5) is 13.4. The van der Waals surface area contributed by atoms with Crippen LogP contribution in [0.4, 0.5) is 11.8 Å². The summed E-state index contributed by atoms with van der Waals surface area (Å²) in [5, 5.41) is 11.4. The molecule has 1 aliphatic rings. The van der Waals surface area contributed by atoms with Crippen molar-refractivity contribution in [2.24, 2.45) is 0 Å². The minimum absolute atomic E-state index is 0.236. The SMILES string of the molecule is CCCCNc1nc(N)nc2cnn(Cc3ncc(CNC4CCC4)cc3OC)c12. The predicted molar refractivity (Wildman–Crippen MR) is 118 cm³/mol. The van der Waals surface area contributed by atoms with Gasteiger partial charge in [-0.3, -0.25) is 9.67 Å². The Morgan fingerprint density at radius 1 is 1.27 bits per heavy atom. The molecule has 1 fully saturated rings. The van der Waals surface area contributed by atoms with Crippen molar-refractivity contribution in [3.05, 3.63) is 29.7 Å². The fourth-order valence-corrected chi connectivity index (χ4v) is 3.57. The lowest BCUT2D eigenvalue weighted by Gasteiger charge is -2.26.